The molecule has 5 nitrogen and oxygen atoms in total. The summed E-state index contributed by atoms with van der Waals surface area (Å²) in [6, 6.07) is 15.1. The number of hydrogen-bond acceptors (Lipinski definition) is 3. The largest absolute Gasteiger partial charge is 0.318 e. The van der Waals surface area contributed by atoms with E-state index in [1.54, 1.807) is 30.3 Å². The van der Waals surface area contributed by atoms with Crippen LogP contribution in [0, 0.1) is 27.7 Å². The van der Waals surface area contributed by atoms with Crippen LogP contribution in [0.5, 0.6) is 0 Å². The number of anilines is 1. The first kappa shape index (κ1) is 22.0. The molecule has 2 aromatic carbocycles. The number of nitrogens with one attached hydrogen (secondary N) is 1. The van der Waals surface area contributed by atoms with Gasteiger partial charge >= 0.3 is 0 Å². The van der Waals surface area contributed by atoms with Gasteiger partial charge in [0.2, 0.25) is 0 Å². The summed E-state index contributed by atoms with van der Waals surface area (Å²) in [7, 11) is 0. The molecule has 1 N–H and O–H groups in total. The Bertz CT molecular complexity index is 1320. The number of aryl methyl sites for hydroxylation is 3. The number of benzene rings is 2. The summed E-state index contributed by atoms with van der Waals surface area (Å²) in [4.78, 5) is 27.2. The van der Waals surface area contributed by atoms with Crippen LogP contribution in [-0.2, 0) is 9.59 Å². The Kier molecular flexibility index (Phi) is 5.75. The normalized spacial score (nSPS) is 15.5. The van der Waals surface area contributed by atoms with Gasteiger partial charge in [0.05, 0.1) is 10.7 Å². The molecule has 1 saturated heterocycles. The zero-order valence-electron chi connectivity index (χ0n) is 18.2. The van der Waals surface area contributed by atoms with Crippen LogP contribution in [0.4, 0.5) is 5.69 Å². The van der Waals surface area contributed by atoms with Crippen LogP contribution in [-0.4, -0.2) is 21.5 Å². The van der Waals surface area contributed by atoms with Crippen molar-refractivity contribution in [3.63, 3.8) is 0 Å². The zero-order valence-corrected chi connectivity index (χ0v) is 19.8. The van der Waals surface area contributed by atoms with E-state index < -0.39 is 11.8 Å². The van der Waals surface area contributed by atoms with Crippen LogP contribution >= 0.6 is 23.8 Å². The van der Waals surface area contributed by atoms with Crippen LogP contribution in [0.2, 0.25) is 5.02 Å². The molecule has 0 atom stereocenters. The van der Waals surface area contributed by atoms with Crippen molar-refractivity contribution in [3.8, 4) is 5.69 Å². The molecule has 1 aliphatic heterocycles. The minimum atomic E-state index is -0.528. The van der Waals surface area contributed by atoms with E-state index in [1.165, 1.54) is 16.0 Å². The number of halogens is 1. The van der Waals surface area contributed by atoms with E-state index in [0.717, 1.165) is 22.6 Å². The number of amides is 2. The van der Waals surface area contributed by atoms with Gasteiger partial charge in [-0.3, -0.25) is 19.8 Å². The average molecular weight is 464 g/mol. The highest BCUT2D eigenvalue weighted by molar-refractivity contribution is 7.80. The number of nitrogens with zero attached hydrogens (tertiary/aromatic N) is 2. The Morgan fingerprint density at radius 3 is 2.38 bits per heavy atom. The molecular formula is C25H22ClN3O2S. The molecule has 0 aliphatic carbocycles. The molecule has 0 unspecified atom stereocenters. The smallest absolute Gasteiger partial charge is 0.270 e. The van der Waals surface area contributed by atoms with E-state index in [1.807, 2.05) is 19.9 Å². The fourth-order valence-electron chi connectivity index (χ4n) is 3.86. The van der Waals surface area contributed by atoms with Crippen LogP contribution in [0.15, 0.2) is 54.1 Å². The molecule has 0 radical (unpaired) electrons. The highest BCUT2D eigenvalue weighted by Crippen LogP contribution is 2.30. The lowest BCUT2D eigenvalue weighted by atomic mass is 10.1. The number of hydrogen-bond donors (Lipinski definition) is 1. The molecule has 0 spiro atoms. The van der Waals surface area contributed by atoms with Gasteiger partial charge < -0.3 is 4.57 Å². The Morgan fingerprint density at radius 1 is 0.969 bits per heavy atom. The number of carbonyl (C=O) groups excluding carboxylic acids is 2. The van der Waals surface area contributed by atoms with Crippen molar-refractivity contribution in [2.24, 2.45) is 0 Å². The maximum Gasteiger partial charge on any atom is 0.270 e. The standard InChI is InChI=1S/C25H22ClN3O2S/c1-14-9-10-19(11-15(14)2)28-16(3)12-18(17(28)4)13-20-23(30)27-25(32)29(24(20)31)22-8-6-5-7-21(22)26/h5-13H,1-4H3,(H,27,30,32)/b20-13+. The number of rotatable bonds is 3. The summed E-state index contributed by atoms with van der Waals surface area (Å²) >= 11 is 11.5. The molecular weight excluding hydrogens is 442 g/mol. The second kappa shape index (κ2) is 8.37. The molecule has 3 aromatic rings. The summed E-state index contributed by atoms with van der Waals surface area (Å²) in [5.74, 6) is -1.04. The molecule has 1 aliphatic rings. The van der Waals surface area contributed by atoms with Crippen molar-refractivity contribution in [1.82, 2.24) is 9.88 Å². The van der Waals surface area contributed by atoms with E-state index in [-0.39, 0.29) is 10.7 Å². The van der Waals surface area contributed by atoms with Crippen molar-refractivity contribution in [2.45, 2.75) is 27.7 Å². The SMILES string of the molecule is Cc1ccc(-n2c(C)cc(/C=C3\C(=O)NC(=S)N(c4ccccc4Cl)C3=O)c2C)cc1C. The van der Waals surface area contributed by atoms with Crippen molar-refractivity contribution < 1.29 is 9.59 Å². The zero-order chi connectivity index (χ0) is 23.2. The van der Waals surface area contributed by atoms with Crippen LogP contribution in [0.25, 0.3) is 11.8 Å². The first-order valence-corrected chi connectivity index (χ1v) is 10.9. The van der Waals surface area contributed by atoms with Gasteiger partial charge in [-0.25, -0.2) is 0 Å². The second-order valence-electron chi connectivity index (χ2n) is 7.84. The predicted octanol–water partition coefficient (Wildman–Crippen LogP) is 5.20. The fourth-order valence-corrected chi connectivity index (χ4v) is 4.35. The molecule has 2 amide bonds. The second-order valence-corrected chi connectivity index (χ2v) is 8.63. The molecule has 4 rings (SSSR count). The number of thiocarbonyl (C=S) groups is 1. The predicted molar refractivity (Wildman–Crippen MR) is 132 cm³/mol. The van der Waals surface area contributed by atoms with Gasteiger partial charge in [0.15, 0.2) is 5.11 Å². The molecule has 32 heavy (non-hydrogen) atoms. The first-order chi connectivity index (χ1) is 15.2. The fraction of sp³-hybridized carbons (Fsp3) is 0.160. The van der Waals surface area contributed by atoms with Gasteiger partial charge in [0.25, 0.3) is 11.8 Å². The molecule has 0 saturated carbocycles. The lowest BCUT2D eigenvalue weighted by Crippen LogP contribution is -2.54. The van der Waals surface area contributed by atoms with Crippen LogP contribution < -0.4 is 10.2 Å². The van der Waals surface area contributed by atoms with E-state index >= 15 is 0 Å². The van der Waals surface area contributed by atoms with Gasteiger partial charge in [0.1, 0.15) is 5.57 Å². The minimum absolute atomic E-state index is 0.00106. The van der Waals surface area contributed by atoms with Gasteiger partial charge in [0, 0.05) is 17.1 Å². The van der Waals surface area contributed by atoms with Gasteiger partial charge in [-0.15, -0.1) is 0 Å². The van der Waals surface area contributed by atoms with E-state index in [9.17, 15) is 9.59 Å². The van der Waals surface area contributed by atoms with Gasteiger partial charge in [-0.2, -0.15) is 0 Å². The summed E-state index contributed by atoms with van der Waals surface area (Å²) in [5.41, 5.74) is 6.59. The van der Waals surface area contributed by atoms with E-state index in [2.05, 4.69) is 41.9 Å². The Hall–Kier alpha value is -3.22. The highest BCUT2D eigenvalue weighted by Gasteiger charge is 2.35. The number of para-hydroxylation sites is 1. The number of aromatic nitrogens is 1. The van der Waals surface area contributed by atoms with Gasteiger partial charge in [-0.05, 0) is 93.0 Å². The quantitative estimate of drug-likeness (QED) is 0.330. The molecule has 7 heteroatoms. The van der Waals surface area contributed by atoms with Crippen molar-refractivity contribution in [2.75, 3.05) is 4.90 Å². The van der Waals surface area contributed by atoms with Crippen molar-refractivity contribution in [1.29, 1.82) is 0 Å². The maximum absolute atomic E-state index is 13.3. The van der Waals surface area contributed by atoms with Crippen molar-refractivity contribution in [3.05, 3.63) is 87.2 Å². The maximum atomic E-state index is 13.3. The molecule has 1 aromatic heterocycles. The van der Waals surface area contributed by atoms with Crippen LogP contribution in [0.3, 0.4) is 0 Å². The summed E-state index contributed by atoms with van der Waals surface area (Å²) in [5, 5.41) is 2.98. The summed E-state index contributed by atoms with van der Waals surface area (Å²) in [6.07, 6.45) is 1.61. The molecule has 162 valence electrons. The third-order valence-corrected chi connectivity index (χ3v) is 6.32. The molecule has 1 fully saturated rings. The van der Waals surface area contributed by atoms with E-state index in [0.29, 0.717) is 10.7 Å². The summed E-state index contributed by atoms with van der Waals surface area (Å²) in [6.45, 7) is 8.12. The topological polar surface area (TPSA) is 54.3 Å². The Morgan fingerprint density at radius 2 is 1.69 bits per heavy atom. The third-order valence-electron chi connectivity index (χ3n) is 5.71. The third kappa shape index (κ3) is 3.76. The highest BCUT2D eigenvalue weighted by atomic mass is 35.5. The lowest BCUT2D eigenvalue weighted by Gasteiger charge is -2.29. The minimum Gasteiger partial charge on any atom is -0.318 e. The monoisotopic (exact) mass is 463 g/mol. The van der Waals surface area contributed by atoms with E-state index in [4.69, 9.17) is 23.8 Å². The first-order valence-electron chi connectivity index (χ1n) is 10.1. The van der Waals surface area contributed by atoms with Crippen molar-refractivity contribution >= 4 is 52.5 Å². The number of carbonyl (C=O) groups is 2. The summed E-state index contributed by atoms with van der Waals surface area (Å²) < 4.78 is 2.11. The average Bonchev–Trinajstić information content (AvgIpc) is 3.01. The van der Waals surface area contributed by atoms with Crippen LogP contribution in [0.1, 0.15) is 28.1 Å². The Balaban J connectivity index is 1.78. The molecule has 0 bridgehead atoms. The Labute approximate surface area is 197 Å². The molecule has 2 heterocycles. The lowest BCUT2D eigenvalue weighted by molar-refractivity contribution is -0.122. The van der Waals surface area contributed by atoms with Gasteiger partial charge in [-0.1, -0.05) is 29.8 Å².